The van der Waals surface area contributed by atoms with Crippen LogP contribution in [0.1, 0.15) is 43.7 Å². The van der Waals surface area contributed by atoms with Crippen molar-refractivity contribution in [3.8, 4) is 0 Å². The van der Waals surface area contributed by atoms with Crippen molar-refractivity contribution in [1.82, 2.24) is 0 Å². The van der Waals surface area contributed by atoms with Gasteiger partial charge in [-0.05, 0) is 61.9 Å². The Morgan fingerprint density at radius 2 is 1.36 bits per heavy atom. The zero-order valence-electron chi connectivity index (χ0n) is 19.4. The van der Waals surface area contributed by atoms with Gasteiger partial charge in [0, 0.05) is 10.6 Å². The molecule has 2 unspecified atom stereocenters. The molecule has 0 aliphatic rings. The average molecular weight is 484 g/mol. The maximum absolute atomic E-state index is 14.3. The largest absolute Gasteiger partial charge is 0.290 e. The summed E-state index contributed by atoms with van der Waals surface area (Å²) in [6.07, 6.45) is 4.65. The minimum Gasteiger partial charge on any atom is -0.244 e. The fraction of sp³-hybridized carbons (Fsp3) is 0.333. The molecule has 0 spiro atoms. The third kappa shape index (κ3) is 7.27. The van der Waals surface area contributed by atoms with Crippen molar-refractivity contribution < 1.29 is 12.6 Å². The maximum atomic E-state index is 14.3. The first-order valence-corrected chi connectivity index (χ1v) is 14.6. The van der Waals surface area contributed by atoms with Gasteiger partial charge in [-0.25, -0.2) is 4.21 Å². The summed E-state index contributed by atoms with van der Waals surface area (Å²) in [5.41, 5.74) is 2.19. The third-order valence-corrected chi connectivity index (χ3v) is 10.3. The first-order valence-electron chi connectivity index (χ1n) is 11.5. The number of hydrogen-bond acceptors (Lipinski definition) is 3. The molecule has 6 heteroatoms. The van der Waals surface area contributed by atoms with Crippen LogP contribution in [-0.2, 0) is 26.2 Å². The van der Waals surface area contributed by atoms with Crippen molar-refractivity contribution in [3.63, 3.8) is 0 Å². The highest BCUT2D eigenvalue weighted by Crippen LogP contribution is 2.26. The Morgan fingerprint density at radius 3 is 1.97 bits per heavy atom. The standard InChI is InChI=1S/C27H33NO3S2/c1-3-4-11-25(19-18-24-12-7-5-8-13-24)22-32(29,26-14-9-6-10-15-26)28-33(30,31)27-20-16-23(2)17-21-27/h5-10,12-17,20-21,25H,3-4,11,18-19,22H2,1-2H3. The minimum atomic E-state index is -4.07. The molecule has 0 saturated heterocycles. The molecule has 2 atom stereocenters. The van der Waals surface area contributed by atoms with Gasteiger partial charge in [-0.3, -0.25) is 0 Å². The van der Waals surface area contributed by atoms with Crippen LogP contribution in [-0.4, -0.2) is 18.4 Å². The van der Waals surface area contributed by atoms with Gasteiger partial charge in [0.05, 0.1) is 14.6 Å². The van der Waals surface area contributed by atoms with E-state index in [2.05, 4.69) is 22.8 Å². The molecule has 0 bridgehead atoms. The van der Waals surface area contributed by atoms with Crippen LogP contribution in [0.2, 0.25) is 0 Å². The smallest absolute Gasteiger partial charge is 0.244 e. The Balaban J connectivity index is 1.98. The number of benzene rings is 3. The molecule has 0 N–H and O–H groups in total. The van der Waals surface area contributed by atoms with Crippen molar-refractivity contribution >= 4 is 19.8 Å². The number of sulfonamides is 1. The third-order valence-electron chi connectivity index (χ3n) is 5.76. The molecule has 4 nitrogen and oxygen atoms in total. The van der Waals surface area contributed by atoms with E-state index in [1.807, 2.05) is 31.2 Å². The van der Waals surface area contributed by atoms with Crippen LogP contribution in [0.25, 0.3) is 0 Å². The van der Waals surface area contributed by atoms with Gasteiger partial charge in [0.25, 0.3) is 10.0 Å². The molecule has 33 heavy (non-hydrogen) atoms. The number of unbranched alkanes of at least 4 members (excludes halogenated alkanes) is 1. The van der Waals surface area contributed by atoms with Crippen LogP contribution in [0.4, 0.5) is 0 Å². The second-order valence-corrected chi connectivity index (χ2v) is 12.6. The van der Waals surface area contributed by atoms with Gasteiger partial charge in [-0.1, -0.05) is 86.0 Å². The van der Waals surface area contributed by atoms with E-state index in [1.54, 1.807) is 36.4 Å². The molecule has 0 aliphatic heterocycles. The first-order chi connectivity index (χ1) is 15.8. The average Bonchev–Trinajstić information content (AvgIpc) is 2.82. The van der Waals surface area contributed by atoms with Gasteiger partial charge in [0.15, 0.2) is 0 Å². The monoisotopic (exact) mass is 483 g/mol. The van der Waals surface area contributed by atoms with Gasteiger partial charge in [-0.2, -0.15) is 8.42 Å². The van der Waals surface area contributed by atoms with E-state index in [-0.39, 0.29) is 16.6 Å². The quantitative estimate of drug-likeness (QED) is 0.307. The van der Waals surface area contributed by atoms with Crippen LogP contribution >= 0.6 is 0 Å². The maximum Gasteiger partial charge on any atom is 0.290 e. The van der Waals surface area contributed by atoms with Crippen molar-refractivity contribution in [2.45, 2.75) is 55.7 Å². The first kappa shape index (κ1) is 25.2. The lowest BCUT2D eigenvalue weighted by atomic mass is 9.96. The molecule has 0 amide bonds. The summed E-state index contributed by atoms with van der Waals surface area (Å²) in [6.45, 7) is 4.03. The van der Waals surface area contributed by atoms with E-state index in [1.165, 1.54) is 17.7 Å². The van der Waals surface area contributed by atoms with E-state index < -0.39 is 19.8 Å². The second-order valence-electron chi connectivity index (χ2n) is 8.52. The van der Waals surface area contributed by atoms with Gasteiger partial charge in [0.1, 0.15) is 0 Å². The van der Waals surface area contributed by atoms with Crippen molar-refractivity contribution in [2.75, 3.05) is 5.75 Å². The molecule has 0 fully saturated rings. The van der Waals surface area contributed by atoms with Crippen LogP contribution in [0.15, 0.2) is 98.5 Å². The summed E-state index contributed by atoms with van der Waals surface area (Å²) in [5, 5.41) is 0. The molecule has 176 valence electrons. The predicted octanol–water partition coefficient (Wildman–Crippen LogP) is 6.65. The Hall–Kier alpha value is -2.44. The summed E-state index contributed by atoms with van der Waals surface area (Å²) in [5.74, 6) is 0.337. The van der Waals surface area contributed by atoms with Crippen LogP contribution < -0.4 is 0 Å². The number of rotatable bonds is 11. The van der Waals surface area contributed by atoms with Gasteiger partial charge in [-0.15, -0.1) is 3.77 Å². The predicted molar refractivity (Wildman–Crippen MR) is 136 cm³/mol. The second kappa shape index (κ2) is 11.6. The summed E-state index contributed by atoms with van der Waals surface area (Å²) in [6, 6.07) is 25.6. The van der Waals surface area contributed by atoms with Crippen molar-refractivity contribution in [1.29, 1.82) is 0 Å². The van der Waals surface area contributed by atoms with E-state index >= 15 is 0 Å². The van der Waals surface area contributed by atoms with Gasteiger partial charge in [0.2, 0.25) is 0 Å². The normalized spacial score (nSPS) is 14.4. The molecule has 0 aromatic heterocycles. The Labute approximate surface area is 199 Å². The summed E-state index contributed by atoms with van der Waals surface area (Å²) in [4.78, 5) is 0.549. The zero-order valence-corrected chi connectivity index (χ0v) is 21.0. The fourth-order valence-electron chi connectivity index (χ4n) is 3.85. The van der Waals surface area contributed by atoms with E-state index in [0.29, 0.717) is 4.90 Å². The Bertz CT molecular complexity index is 1230. The van der Waals surface area contributed by atoms with Crippen molar-refractivity contribution in [3.05, 3.63) is 96.1 Å². The Morgan fingerprint density at radius 1 is 0.758 bits per heavy atom. The summed E-state index contributed by atoms with van der Waals surface area (Å²) < 4.78 is 44.7. The minimum absolute atomic E-state index is 0.0751. The molecule has 3 rings (SSSR count). The number of aryl methyl sites for hydroxylation is 2. The van der Waals surface area contributed by atoms with E-state index in [9.17, 15) is 12.6 Å². The fourth-order valence-corrected chi connectivity index (χ4v) is 8.28. The zero-order chi connectivity index (χ0) is 23.7. The molecule has 3 aromatic carbocycles. The SMILES string of the molecule is CCCCC(CCc1ccccc1)CS(=O)(=NS(=O)(=O)c1ccc(C)cc1)c1ccccc1. The highest BCUT2D eigenvalue weighted by molar-refractivity contribution is 8.03. The van der Waals surface area contributed by atoms with Gasteiger partial charge < -0.3 is 0 Å². The number of hydrogen-bond donors (Lipinski definition) is 0. The van der Waals surface area contributed by atoms with Crippen LogP contribution in [0.3, 0.4) is 0 Å². The summed E-state index contributed by atoms with van der Waals surface area (Å²) in [7, 11) is -7.25. The molecule has 3 aromatic rings. The topological polar surface area (TPSA) is 63.6 Å². The molecule has 0 aliphatic carbocycles. The lowest BCUT2D eigenvalue weighted by Crippen LogP contribution is -2.19. The lowest BCUT2D eigenvalue weighted by Gasteiger charge is -2.20. The Kier molecular flexibility index (Phi) is 8.87. The molecule has 0 heterocycles. The van der Waals surface area contributed by atoms with E-state index in [0.717, 1.165) is 37.7 Å². The van der Waals surface area contributed by atoms with Crippen LogP contribution in [0.5, 0.6) is 0 Å². The van der Waals surface area contributed by atoms with Crippen LogP contribution in [0, 0.1) is 12.8 Å². The molecular weight excluding hydrogens is 450 g/mol. The van der Waals surface area contributed by atoms with E-state index in [4.69, 9.17) is 0 Å². The lowest BCUT2D eigenvalue weighted by molar-refractivity contribution is 0.473. The molecular formula is C27H33NO3S2. The highest BCUT2D eigenvalue weighted by Gasteiger charge is 2.24. The highest BCUT2D eigenvalue weighted by atomic mass is 32.3. The summed E-state index contributed by atoms with van der Waals surface area (Å²) >= 11 is 0. The van der Waals surface area contributed by atoms with Gasteiger partial charge >= 0.3 is 0 Å². The van der Waals surface area contributed by atoms with Crippen molar-refractivity contribution in [2.24, 2.45) is 9.69 Å². The molecule has 0 saturated carbocycles. The number of nitrogens with zero attached hydrogens (tertiary/aromatic N) is 1. The molecule has 0 radical (unpaired) electrons.